The smallest absolute Gasteiger partial charge is 0.255 e. The number of carbonyl (C=O) groups is 4. The Morgan fingerprint density at radius 2 is 1.77 bits per heavy atom. The molecule has 0 bridgehead atoms. The summed E-state index contributed by atoms with van der Waals surface area (Å²) in [7, 11) is 3.21. The van der Waals surface area contributed by atoms with Crippen molar-refractivity contribution in [2.45, 2.75) is 38.8 Å². The lowest BCUT2D eigenvalue weighted by Gasteiger charge is -2.27. The zero-order valence-electron chi connectivity index (χ0n) is 23.4. The van der Waals surface area contributed by atoms with Gasteiger partial charge in [-0.15, -0.1) is 0 Å². The molecule has 0 saturated carbocycles. The zero-order valence-corrected chi connectivity index (χ0v) is 23.4. The lowest BCUT2D eigenvalue weighted by Crippen LogP contribution is -2.53. The normalized spacial score (nSPS) is 18.5. The Hall–Kier alpha value is -4.28. The molecule has 40 heavy (non-hydrogen) atoms. The van der Waals surface area contributed by atoms with Gasteiger partial charge < -0.3 is 35.1 Å². The summed E-state index contributed by atoms with van der Waals surface area (Å²) in [6, 6.07) is 11.6. The predicted molar refractivity (Wildman–Crippen MR) is 148 cm³/mol. The van der Waals surface area contributed by atoms with Gasteiger partial charge in [-0.25, -0.2) is 0 Å². The largest absolute Gasteiger partial charge is 0.497 e. The minimum atomic E-state index is -1.20. The van der Waals surface area contributed by atoms with E-state index in [4.69, 9.17) is 14.2 Å². The number of hydrogen-bond donors (Lipinski definition) is 3. The fourth-order valence-corrected chi connectivity index (χ4v) is 4.16. The van der Waals surface area contributed by atoms with Crippen molar-refractivity contribution in [3.8, 4) is 17.2 Å². The van der Waals surface area contributed by atoms with Crippen molar-refractivity contribution in [2.24, 2.45) is 5.92 Å². The summed E-state index contributed by atoms with van der Waals surface area (Å²) < 4.78 is 16.6. The van der Waals surface area contributed by atoms with E-state index in [-0.39, 0.29) is 50.1 Å². The second-order valence-corrected chi connectivity index (χ2v) is 9.90. The summed E-state index contributed by atoms with van der Waals surface area (Å²) in [4.78, 5) is 54.0. The number of ether oxygens (including phenoxy) is 3. The number of methoxy groups -OCH3 is 1. The highest BCUT2D eigenvalue weighted by Gasteiger charge is 2.30. The van der Waals surface area contributed by atoms with Crippen LogP contribution in [0.25, 0.3) is 0 Å². The van der Waals surface area contributed by atoms with E-state index in [2.05, 4.69) is 16.0 Å². The number of fused-ring (bicyclic) bond motifs is 1. The van der Waals surface area contributed by atoms with E-state index in [0.717, 1.165) is 0 Å². The monoisotopic (exact) mass is 554 g/mol. The summed E-state index contributed by atoms with van der Waals surface area (Å²) in [6.07, 6.45) is 0.0655. The molecule has 1 aliphatic heterocycles. The molecular weight excluding hydrogens is 516 g/mol. The van der Waals surface area contributed by atoms with Gasteiger partial charge in [-0.2, -0.15) is 0 Å². The number of carbonyl (C=O) groups excluding carboxylic acids is 4. The first-order chi connectivity index (χ1) is 19.2. The summed E-state index contributed by atoms with van der Waals surface area (Å²) in [6.45, 7) is 4.62. The van der Waals surface area contributed by atoms with Crippen LogP contribution in [-0.2, 0) is 14.4 Å². The second-order valence-electron chi connectivity index (χ2n) is 9.90. The van der Waals surface area contributed by atoms with Crippen LogP contribution in [0.3, 0.4) is 0 Å². The Morgan fingerprint density at radius 1 is 1.07 bits per heavy atom. The Kier molecular flexibility index (Phi) is 11.2. The van der Waals surface area contributed by atoms with Crippen LogP contribution in [0.2, 0.25) is 0 Å². The van der Waals surface area contributed by atoms with Crippen LogP contribution in [0.15, 0.2) is 48.5 Å². The third-order valence-electron chi connectivity index (χ3n) is 6.27. The number of likely N-dealkylation sites (N-methyl/N-ethyl adjacent to an activating group) is 1. The van der Waals surface area contributed by atoms with Crippen LogP contribution in [0.4, 0.5) is 0 Å². The van der Waals surface area contributed by atoms with Gasteiger partial charge in [0.05, 0.1) is 32.2 Å². The van der Waals surface area contributed by atoms with Crippen LogP contribution in [-0.4, -0.2) is 81.1 Å². The van der Waals surface area contributed by atoms with E-state index in [0.29, 0.717) is 23.7 Å². The van der Waals surface area contributed by atoms with Gasteiger partial charge in [-0.05, 0) is 48.7 Å². The molecule has 0 saturated heterocycles. The number of para-hydroxylation sites is 1. The maximum Gasteiger partial charge on any atom is 0.255 e. The number of rotatable bonds is 8. The lowest BCUT2D eigenvalue weighted by molar-refractivity contribution is -0.136. The summed E-state index contributed by atoms with van der Waals surface area (Å²) in [5, 5.41) is 8.14. The van der Waals surface area contributed by atoms with E-state index in [1.54, 1.807) is 62.7 Å². The van der Waals surface area contributed by atoms with Crippen molar-refractivity contribution in [3.63, 3.8) is 0 Å². The summed E-state index contributed by atoms with van der Waals surface area (Å²) >= 11 is 0. The van der Waals surface area contributed by atoms with Gasteiger partial charge in [-0.1, -0.05) is 26.0 Å². The number of hydrogen-bond acceptors (Lipinski definition) is 7. The van der Waals surface area contributed by atoms with Crippen LogP contribution in [0.1, 0.15) is 37.0 Å². The van der Waals surface area contributed by atoms with Gasteiger partial charge in [0.2, 0.25) is 17.7 Å². The molecule has 0 aliphatic carbocycles. The molecule has 4 amide bonds. The molecule has 11 nitrogen and oxygen atoms in total. The van der Waals surface area contributed by atoms with Crippen LogP contribution in [0.5, 0.6) is 17.2 Å². The SMILES string of the molecule is COc1ccc(OCCNC(=O)[C@@H]2CC(=O)N[C@@H](CC(C)C)C(=O)N(C)CCOc3ccccc3C(=O)N2)cc1. The molecule has 0 aromatic heterocycles. The third-order valence-corrected chi connectivity index (χ3v) is 6.27. The van der Waals surface area contributed by atoms with Crippen molar-refractivity contribution < 1.29 is 33.4 Å². The second kappa shape index (κ2) is 14.8. The highest BCUT2D eigenvalue weighted by Crippen LogP contribution is 2.19. The number of nitrogens with one attached hydrogen (secondary N) is 3. The molecule has 2 aromatic rings. The van der Waals surface area contributed by atoms with Gasteiger partial charge >= 0.3 is 0 Å². The van der Waals surface area contributed by atoms with E-state index < -0.39 is 29.8 Å². The molecule has 11 heteroatoms. The van der Waals surface area contributed by atoms with Crippen LogP contribution >= 0.6 is 0 Å². The van der Waals surface area contributed by atoms with Gasteiger partial charge in [-0.3, -0.25) is 19.2 Å². The van der Waals surface area contributed by atoms with Gasteiger partial charge in [0.1, 0.15) is 42.5 Å². The molecule has 3 rings (SSSR count). The molecule has 0 fully saturated rings. The van der Waals surface area contributed by atoms with E-state index in [9.17, 15) is 19.2 Å². The van der Waals surface area contributed by atoms with Gasteiger partial charge in [0.25, 0.3) is 5.91 Å². The average molecular weight is 555 g/mol. The summed E-state index contributed by atoms with van der Waals surface area (Å²) in [5.41, 5.74) is 0.215. The minimum absolute atomic E-state index is 0.133. The van der Waals surface area contributed by atoms with E-state index in [1.807, 2.05) is 13.8 Å². The Bertz CT molecular complexity index is 1170. The molecule has 0 radical (unpaired) electrons. The molecule has 1 heterocycles. The first-order valence-corrected chi connectivity index (χ1v) is 13.3. The fourth-order valence-electron chi connectivity index (χ4n) is 4.16. The number of nitrogens with zero attached hydrogens (tertiary/aromatic N) is 1. The number of amides is 4. The first-order valence-electron chi connectivity index (χ1n) is 13.3. The Balaban J connectivity index is 1.74. The molecule has 1 aliphatic rings. The Labute approximate surface area is 234 Å². The molecule has 2 atom stereocenters. The van der Waals surface area contributed by atoms with Crippen molar-refractivity contribution in [3.05, 3.63) is 54.1 Å². The van der Waals surface area contributed by atoms with Crippen molar-refractivity contribution in [1.82, 2.24) is 20.9 Å². The van der Waals surface area contributed by atoms with Gasteiger partial charge in [0.15, 0.2) is 0 Å². The molecule has 216 valence electrons. The minimum Gasteiger partial charge on any atom is -0.497 e. The van der Waals surface area contributed by atoms with Crippen LogP contribution in [0, 0.1) is 5.92 Å². The van der Waals surface area contributed by atoms with Crippen molar-refractivity contribution in [2.75, 3.05) is 40.5 Å². The highest BCUT2D eigenvalue weighted by molar-refractivity contribution is 6.01. The van der Waals surface area contributed by atoms with Crippen molar-refractivity contribution in [1.29, 1.82) is 0 Å². The predicted octanol–water partition coefficient (Wildman–Crippen LogP) is 1.76. The van der Waals surface area contributed by atoms with Crippen molar-refractivity contribution >= 4 is 23.6 Å². The van der Waals surface area contributed by atoms with E-state index >= 15 is 0 Å². The van der Waals surface area contributed by atoms with Gasteiger partial charge in [0, 0.05) is 7.05 Å². The first kappa shape index (κ1) is 30.3. The van der Waals surface area contributed by atoms with Crippen LogP contribution < -0.4 is 30.2 Å². The maximum atomic E-state index is 13.2. The molecular formula is C29H38N4O7. The Morgan fingerprint density at radius 3 is 2.48 bits per heavy atom. The lowest BCUT2D eigenvalue weighted by atomic mass is 10.0. The highest BCUT2D eigenvalue weighted by atomic mass is 16.5. The zero-order chi connectivity index (χ0) is 29.1. The fraction of sp³-hybridized carbons (Fsp3) is 0.448. The summed E-state index contributed by atoms with van der Waals surface area (Å²) in [5.74, 6) is -0.153. The number of benzene rings is 2. The third kappa shape index (κ3) is 8.89. The molecule has 3 N–H and O–H groups in total. The standard InChI is InChI=1S/C29H38N4O7/c1-19(2)17-24-29(37)33(3)14-16-40-25-8-6-5-7-22(25)27(35)32-23(18-26(34)31-24)28(36)30-13-15-39-21-11-9-20(38-4)10-12-21/h5-12,19,23-24H,13-18H2,1-4H3,(H,30,36)(H,31,34)(H,32,35)/t23-,24-/m0/s1. The molecule has 2 aromatic carbocycles. The molecule has 0 unspecified atom stereocenters. The average Bonchev–Trinajstić information content (AvgIpc) is 2.93. The quantitative estimate of drug-likeness (QED) is 0.423. The maximum absolute atomic E-state index is 13.2. The van der Waals surface area contributed by atoms with E-state index in [1.165, 1.54) is 4.90 Å². The topological polar surface area (TPSA) is 135 Å². The molecule has 0 spiro atoms.